The molecule has 1 fully saturated rings. The Balaban J connectivity index is 2.12. The molecule has 1 aliphatic carbocycles. The van der Waals surface area contributed by atoms with E-state index < -0.39 is 0 Å². The van der Waals surface area contributed by atoms with E-state index >= 15 is 0 Å². The van der Waals surface area contributed by atoms with Crippen molar-refractivity contribution >= 4 is 0 Å². The standard InChI is InChI=1S/C15H24O/c1-11-6-5-7-12(2)10-13-14(16-13)15(3,4)9-8-11/h7-8,13-14H,5-6,9-10H2,1-4H3/b11-8+,12-7+/t13-,14-/m0/s1. The summed E-state index contributed by atoms with van der Waals surface area (Å²) in [6.45, 7) is 9.15. The molecule has 0 unspecified atom stereocenters. The summed E-state index contributed by atoms with van der Waals surface area (Å²) >= 11 is 0. The highest BCUT2D eigenvalue weighted by molar-refractivity contribution is 5.12. The summed E-state index contributed by atoms with van der Waals surface area (Å²) in [4.78, 5) is 0. The first kappa shape index (κ1) is 11.9. The van der Waals surface area contributed by atoms with Crippen LogP contribution in [-0.4, -0.2) is 12.2 Å². The van der Waals surface area contributed by atoms with Crippen LogP contribution in [0.1, 0.15) is 53.4 Å². The van der Waals surface area contributed by atoms with Gasteiger partial charge in [-0.15, -0.1) is 0 Å². The predicted molar refractivity (Wildman–Crippen MR) is 68.4 cm³/mol. The van der Waals surface area contributed by atoms with E-state index in [4.69, 9.17) is 4.74 Å². The summed E-state index contributed by atoms with van der Waals surface area (Å²) in [5.41, 5.74) is 3.32. The van der Waals surface area contributed by atoms with Crippen LogP contribution < -0.4 is 0 Å². The second kappa shape index (κ2) is 4.37. The molecule has 0 radical (unpaired) electrons. The van der Waals surface area contributed by atoms with Crippen molar-refractivity contribution in [2.75, 3.05) is 0 Å². The molecule has 0 N–H and O–H groups in total. The Hall–Kier alpha value is -0.560. The molecule has 1 saturated heterocycles. The van der Waals surface area contributed by atoms with Gasteiger partial charge in [0.25, 0.3) is 0 Å². The topological polar surface area (TPSA) is 12.5 Å². The molecular formula is C15H24O. The van der Waals surface area contributed by atoms with Crippen molar-refractivity contribution in [3.63, 3.8) is 0 Å². The van der Waals surface area contributed by atoms with Crippen LogP contribution in [0.5, 0.6) is 0 Å². The van der Waals surface area contributed by atoms with E-state index in [2.05, 4.69) is 39.8 Å². The first-order valence-corrected chi connectivity index (χ1v) is 6.46. The molecule has 2 atom stereocenters. The Morgan fingerprint density at radius 2 is 1.94 bits per heavy atom. The average Bonchev–Trinajstić information content (AvgIpc) is 2.94. The molecule has 1 heterocycles. The molecule has 1 aliphatic heterocycles. The van der Waals surface area contributed by atoms with Crippen LogP contribution in [0.3, 0.4) is 0 Å². The fourth-order valence-corrected chi connectivity index (χ4v) is 2.59. The fourth-order valence-electron chi connectivity index (χ4n) is 2.59. The van der Waals surface area contributed by atoms with Crippen LogP contribution in [-0.2, 0) is 4.74 Å². The highest BCUT2D eigenvalue weighted by Gasteiger charge is 2.48. The monoisotopic (exact) mass is 220 g/mol. The Bertz CT molecular complexity index is 322. The third-order valence-corrected chi connectivity index (χ3v) is 3.88. The smallest absolute Gasteiger partial charge is 0.0898 e. The number of fused-ring (bicyclic) bond motifs is 1. The maximum absolute atomic E-state index is 5.84. The van der Waals surface area contributed by atoms with Gasteiger partial charge in [0.05, 0.1) is 12.2 Å². The molecule has 0 bridgehead atoms. The predicted octanol–water partition coefficient (Wildman–Crippen LogP) is 4.25. The molecule has 0 aromatic carbocycles. The number of rotatable bonds is 0. The Kier molecular flexibility index (Phi) is 3.25. The SMILES string of the molecule is C/C1=C\CC(C)(C)[C@H]2O[C@H]2C/C(C)=C/CC1. The van der Waals surface area contributed by atoms with Gasteiger partial charge in [0.15, 0.2) is 0 Å². The molecule has 0 saturated carbocycles. The Labute approximate surface area is 99.6 Å². The van der Waals surface area contributed by atoms with E-state index in [0.717, 1.165) is 12.8 Å². The summed E-state index contributed by atoms with van der Waals surface area (Å²) in [7, 11) is 0. The zero-order valence-corrected chi connectivity index (χ0v) is 11.0. The van der Waals surface area contributed by atoms with Gasteiger partial charge in [0.2, 0.25) is 0 Å². The molecular weight excluding hydrogens is 196 g/mol. The van der Waals surface area contributed by atoms with Gasteiger partial charge in [-0.1, -0.05) is 37.1 Å². The first-order chi connectivity index (χ1) is 7.49. The van der Waals surface area contributed by atoms with E-state index in [1.807, 2.05) is 0 Å². The van der Waals surface area contributed by atoms with Crippen LogP contribution in [0.4, 0.5) is 0 Å². The van der Waals surface area contributed by atoms with E-state index in [0.29, 0.717) is 17.6 Å². The summed E-state index contributed by atoms with van der Waals surface area (Å²) in [5.74, 6) is 0. The van der Waals surface area contributed by atoms with Gasteiger partial charge in [-0.2, -0.15) is 0 Å². The van der Waals surface area contributed by atoms with Gasteiger partial charge < -0.3 is 4.74 Å². The van der Waals surface area contributed by atoms with Crippen LogP contribution in [0.2, 0.25) is 0 Å². The molecule has 0 amide bonds. The second-order valence-corrected chi connectivity index (χ2v) is 6.13. The third kappa shape index (κ3) is 2.76. The maximum Gasteiger partial charge on any atom is 0.0898 e. The summed E-state index contributed by atoms with van der Waals surface area (Å²) in [6, 6.07) is 0. The molecule has 16 heavy (non-hydrogen) atoms. The minimum absolute atomic E-state index is 0.302. The minimum atomic E-state index is 0.302. The van der Waals surface area contributed by atoms with Crippen molar-refractivity contribution < 1.29 is 4.74 Å². The van der Waals surface area contributed by atoms with E-state index in [1.54, 1.807) is 0 Å². The lowest BCUT2D eigenvalue weighted by Crippen LogP contribution is -2.20. The summed E-state index contributed by atoms with van der Waals surface area (Å²) < 4.78 is 5.84. The van der Waals surface area contributed by atoms with Gasteiger partial charge in [-0.3, -0.25) is 0 Å². The van der Waals surface area contributed by atoms with Crippen molar-refractivity contribution in [1.29, 1.82) is 0 Å². The van der Waals surface area contributed by atoms with Crippen LogP contribution in [0.15, 0.2) is 23.3 Å². The highest BCUT2D eigenvalue weighted by Crippen LogP contribution is 2.44. The fraction of sp³-hybridized carbons (Fsp3) is 0.733. The molecule has 0 spiro atoms. The summed E-state index contributed by atoms with van der Waals surface area (Å²) in [5, 5.41) is 0. The number of ether oxygens (including phenoxy) is 1. The second-order valence-electron chi connectivity index (χ2n) is 6.13. The van der Waals surface area contributed by atoms with Crippen molar-refractivity contribution in [2.45, 2.75) is 65.6 Å². The zero-order valence-electron chi connectivity index (χ0n) is 11.0. The Morgan fingerprint density at radius 3 is 2.69 bits per heavy atom. The van der Waals surface area contributed by atoms with Crippen LogP contribution in [0, 0.1) is 5.41 Å². The molecule has 90 valence electrons. The lowest BCUT2D eigenvalue weighted by Gasteiger charge is -2.20. The molecule has 2 aliphatic rings. The quantitative estimate of drug-likeness (QED) is 0.439. The van der Waals surface area contributed by atoms with Gasteiger partial charge in [-0.25, -0.2) is 0 Å². The normalized spacial score (nSPS) is 40.8. The molecule has 0 aromatic rings. The largest absolute Gasteiger partial charge is 0.369 e. The number of hydrogen-bond acceptors (Lipinski definition) is 1. The average molecular weight is 220 g/mol. The first-order valence-electron chi connectivity index (χ1n) is 6.46. The number of hydrogen-bond donors (Lipinski definition) is 0. The maximum atomic E-state index is 5.84. The van der Waals surface area contributed by atoms with E-state index in [1.165, 1.54) is 24.0 Å². The molecule has 1 heteroatoms. The van der Waals surface area contributed by atoms with Crippen LogP contribution >= 0.6 is 0 Å². The lowest BCUT2D eigenvalue weighted by atomic mass is 9.82. The van der Waals surface area contributed by atoms with Gasteiger partial charge in [-0.05, 0) is 44.9 Å². The molecule has 2 rings (SSSR count). The van der Waals surface area contributed by atoms with Crippen molar-refractivity contribution in [3.8, 4) is 0 Å². The highest BCUT2D eigenvalue weighted by atomic mass is 16.6. The van der Waals surface area contributed by atoms with Gasteiger partial charge in [0.1, 0.15) is 0 Å². The van der Waals surface area contributed by atoms with E-state index in [-0.39, 0.29) is 0 Å². The van der Waals surface area contributed by atoms with Gasteiger partial charge >= 0.3 is 0 Å². The third-order valence-electron chi connectivity index (χ3n) is 3.88. The van der Waals surface area contributed by atoms with E-state index in [9.17, 15) is 0 Å². The lowest BCUT2D eigenvalue weighted by molar-refractivity contribution is 0.241. The van der Waals surface area contributed by atoms with Crippen molar-refractivity contribution in [1.82, 2.24) is 0 Å². The van der Waals surface area contributed by atoms with Gasteiger partial charge in [0, 0.05) is 0 Å². The van der Waals surface area contributed by atoms with Crippen LogP contribution in [0.25, 0.3) is 0 Å². The summed E-state index contributed by atoms with van der Waals surface area (Å²) in [6.07, 6.45) is 10.4. The molecule has 1 nitrogen and oxygen atoms in total. The zero-order chi connectivity index (χ0) is 11.8. The number of allylic oxidation sites excluding steroid dienone is 3. The molecule has 0 aromatic heterocycles. The van der Waals surface area contributed by atoms with Crippen molar-refractivity contribution in [2.24, 2.45) is 5.41 Å². The Morgan fingerprint density at radius 1 is 1.19 bits per heavy atom. The minimum Gasteiger partial charge on any atom is -0.369 e. The number of epoxide rings is 1. The van der Waals surface area contributed by atoms with Crippen molar-refractivity contribution in [3.05, 3.63) is 23.3 Å².